The van der Waals surface area contributed by atoms with Gasteiger partial charge in [-0.1, -0.05) is 37.9 Å². The Morgan fingerprint density at radius 3 is 2.46 bits per heavy atom. The third-order valence-corrected chi connectivity index (χ3v) is 3.86. The van der Waals surface area contributed by atoms with Gasteiger partial charge >= 0.3 is 12.1 Å². The molecule has 9 heteroatoms. The first-order chi connectivity index (χ1) is 11.1. The molecule has 0 saturated heterocycles. The number of hydrogen-bond donors (Lipinski definition) is 3. The van der Waals surface area contributed by atoms with E-state index in [0.717, 1.165) is 12.1 Å². The Kier molecular flexibility index (Phi) is 7.04. The number of carboxylic acid groups (broad SMARTS) is 1. The Morgan fingerprint density at radius 2 is 1.96 bits per heavy atom. The molecule has 0 aromatic heterocycles. The Hall–Kier alpha value is -1.80. The maximum atomic E-state index is 12.9. The highest BCUT2D eigenvalue weighted by molar-refractivity contribution is 6.34. The molecule has 0 aliphatic heterocycles. The summed E-state index contributed by atoms with van der Waals surface area (Å²) in [5.41, 5.74) is -1.62. The first-order valence-electron chi connectivity index (χ1n) is 7.19. The van der Waals surface area contributed by atoms with E-state index >= 15 is 0 Å². The van der Waals surface area contributed by atoms with Crippen LogP contribution in [0.1, 0.15) is 25.8 Å². The fourth-order valence-corrected chi connectivity index (χ4v) is 2.26. The summed E-state index contributed by atoms with van der Waals surface area (Å²) in [4.78, 5) is 23.0. The predicted octanol–water partition coefficient (Wildman–Crippen LogP) is 3.39. The van der Waals surface area contributed by atoms with Gasteiger partial charge in [0.05, 0.1) is 22.8 Å². The normalized spacial score (nSPS) is 14.1. The van der Waals surface area contributed by atoms with Crippen LogP contribution in [0.4, 0.5) is 18.9 Å². The van der Waals surface area contributed by atoms with Crippen molar-refractivity contribution in [2.75, 3.05) is 11.9 Å². The molecule has 0 bridgehead atoms. The van der Waals surface area contributed by atoms with Crippen molar-refractivity contribution in [2.24, 2.45) is 5.92 Å². The number of nitrogens with one attached hydrogen (secondary N) is 2. The minimum absolute atomic E-state index is 0.249. The molecule has 0 unspecified atom stereocenters. The van der Waals surface area contributed by atoms with Crippen molar-refractivity contribution in [3.8, 4) is 0 Å². The lowest BCUT2D eigenvalue weighted by molar-refractivity contribution is -0.141. The fourth-order valence-electron chi connectivity index (χ4n) is 2.04. The molecule has 5 nitrogen and oxygen atoms in total. The minimum atomic E-state index is -4.68. The predicted molar refractivity (Wildman–Crippen MR) is 84.0 cm³/mol. The highest BCUT2D eigenvalue weighted by Crippen LogP contribution is 2.38. The zero-order valence-electron chi connectivity index (χ0n) is 13.1. The lowest BCUT2D eigenvalue weighted by Crippen LogP contribution is -2.45. The number of benzene rings is 1. The third kappa shape index (κ3) is 5.38. The van der Waals surface area contributed by atoms with Gasteiger partial charge in [0, 0.05) is 0 Å². The van der Waals surface area contributed by atoms with Crippen molar-refractivity contribution in [2.45, 2.75) is 32.5 Å². The number of carbonyl (C=O) groups is 2. The van der Waals surface area contributed by atoms with Crippen LogP contribution in [0.2, 0.25) is 5.02 Å². The molecule has 1 aromatic rings. The first-order valence-corrected chi connectivity index (χ1v) is 7.57. The Morgan fingerprint density at radius 1 is 1.33 bits per heavy atom. The van der Waals surface area contributed by atoms with Crippen LogP contribution < -0.4 is 10.6 Å². The molecule has 134 valence electrons. The summed E-state index contributed by atoms with van der Waals surface area (Å²) in [7, 11) is 0. The number of alkyl halides is 3. The SMILES string of the molecule is CC[C@H](C)[C@H](NCC(=O)Nc1c(Cl)cccc1C(F)(F)F)C(=O)O. The van der Waals surface area contributed by atoms with Crippen molar-refractivity contribution in [1.29, 1.82) is 0 Å². The van der Waals surface area contributed by atoms with Crippen LogP contribution in [0, 0.1) is 5.92 Å². The van der Waals surface area contributed by atoms with E-state index in [2.05, 4.69) is 10.6 Å². The molecule has 3 N–H and O–H groups in total. The van der Waals surface area contributed by atoms with E-state index in [0.29, 0.717) is 6.42 Å². The van der Waals surface area contributed by atoms with Crippen LogP contribution in [0.3, 0.4) is 0 Å². The average molecular weight is 367 g/mol. The molecule has 0 heterocycles. The van der Waals surface area contributed by atoms with Crippen molar-refractivity contribution >= 4 is 29.2 Å². The van der Waals surface area contributed by atoms with Gasteiger partial charge in [-0.3, -0.25) is 14.9 Å². The molecule has 2 atom stereocenters. The highest BCUT2D eigenvalue weighted by atomic mass is 35.5. The number of anilines is 1. The Balaban J connectivity index is 2.84. The van der Waals surface area contributed by atoms with Crippen LogP contribution in [-0.4, -0.2) is 29.6 Å². The second-order valence-corrected chi connectivity index (χ2v) is 5.70. The Labute approximate surface area is 142 Å². The zero-order chi connectivity index (χ0) is 18.5. The number of halogens is 4. The molecule has 0 radical (unpaired) electrons. The third-order valence-electron chi connectivity index (χ3n) is 3.55. The second kappa shape index (κ2) is 8.34. The van der Waals surface area contributed by atoms with Gasteiger partial charge in [0.15, 0.2) is 0 Å². The van der Waals surface area contributed by atoms with Crippen LogP contribution in [-0.2, 0) is 15.8 Å². The number of hydrogen-bond acceptors (Lipinski definition) is 3. The maximum absolute atomic E-state index is 12.9. The monoisotopic (exact) mass is 366 g/mol. The molecular weight excluding hydrogens is 349 g/mol. The lowest BCUT2D eigenvalue weighted by atomic mass is 9.99. The zero-order valence-corrected chi connectivity index (χ0v) is 13.8. The summed E-state index contributed by atoms with van der Waals surface area (Å²) in [6.07, 6.45) is -4.12. The number of para-hydroxylation sites is 1. The van der Waals surface area contributed by atoms with E-state index in [9.17, 15) is 22.8 Å². The van der Waals surface area contributed by atoms with Gasteiger partial charge in [-0.05, 0) is 18.1 Å². The lowest BCUT2D eigenvalue weighted by Gasteiger charge is -2.20. The van der Waals surface area contributed by atoms with Crippen LogP contribution >= 0.6 is 11.6 Å². The summed E-state index contributed by atoms with van der Waals surface area (Å²) in [5, 5.41) is 13.5. The molecule has 0 saturated carbocycles. The molecule has 0 spiro atoms. The second-order valence-electron chi connectivity index (χ2n) is 5.29. The number of aliphatic carboxylic acids is 1. The van der Waals surface area contributed by atoms with E-state index in [-0.39, 0.29) is 10.9 Å². The van der Waals surface area contributed by atoms with Crippen LogP contribution in [0.15, 0.2) is 18.2 Å². The Bertz CT molecular complexity index is 608. The van der Waals surface area contributed by atoms with E-state index in [1.807, 2.05) is 0 Å². The number of carboxylic acids is 1. The largest absolute Gasteiger partial charge is 0.480 e. The van der Waals surface area contributed by atoms with Crippen LogP contribution in [0.5, 0.6) is 0 Å². The summed E-state index contributed by atoms with van der Waals surface area (Å²) < 4.78 is 38.8. The standard InChI is InChI=1S/C15H18ClF3N2O3/c1-3-8(2)12(14(23)24)20-7-11(22)21-13-9(15(17,18)19)5-4-6-10(13)16/h4-6,8,12,20H,3,7H2,1-2H3,(H,21,22)(H,23,24)/t8-,12-/m0/s1. The topological polar surface area (TPSA) is 78.4 Å². The van der Waals surface area contributed by atoms with Gasteiger partial charge in [-0.15, -0.1) is 0 Å². The molecule has 1 amide bonds. The van der Waals surface area contributed by atoms with Crippen LogP contribution in [0.25, 0.3) is 0 Å². The van der Waals surface area contributed by atoms with E-state index in [1.54, 1.807) is 13.8 Å². The molecule has 1 rings (SSSR count). The molecule has 0 aliphatic carbocycles. The number of rotatable bonds is 7. The van der Waals surface area contributed by atoms with Gasteiger partial charge < -0.3 is 10.4 Å². The van der Waals surface area contributed by atoms with E-state index in [4.69, 9.17) is 16.7 Å². The fraction of sp³-hybridized carbons (Fsp3) is 0.467. The maximum Gasteiger partial charge on any atom is 0.418 e. The minimum Gasteiger partial charge on any atom is -0.480 e. The molecule has 1 aromatic carbocycles. The van der Waals surface area contributed by atoms with E-state index in [1.165, 1.54) is 6.07 Å². The van der Waals surface area contributed by atoms with Gasteiger partial charge in [0.2, 0.25) is 5.91 Å². The van der Waals surface area contributed by atoms with Gasteiger partial charge in [0.25, 0.3) is 0 Å². The summed E-state index contributed by atoms with van der Waals surface area (Å²) in [6, 6.07) is 2.17. The molecule has 0 aliphatic rings. The molecular formula is C15H18ClF3N2O3. The molecule has 0 fully saturated rings. The smallest absolute Gasteiger partial charge is 0.418 e. The van der Waals surface area contributed by atoms with Gasteiger partial charge in [-0.25, -0.2) is 0 Å². The summed E-state index contributed by atoms with van der Waals surface area (Å²) >= 11 is 5.74. The number of carbonyl (C=O) groups excluding carboxylic acids is 1. The highest BCUT2D eigenvalue weighted by Gasteiger charge is 2.35. The van der Waals surface area contributed by atoms with Gasteiger partial charge in [0.1, 0.15) is 6.04 Å². The van der Waals surface area contributed by atoms with Gasteiger partial charge in [-0.2, -0.15) is 13.2 Å². The summed E-state index contributed by atoms with van der Waals surface area (Å²) in [5.74, 6) is -2.20. The first kappa shape index (κ1) is 20.2. The van der Waals surface area contributed by atoms with Crippen molar-refractivity contribution in [3.05, 3.63) is 28.8 Å². The number of amides is 1. The van der Waals surface area contributed by atoms with E-state index < -0.39 is 41.9 Å². The quantitative estimate of drug-likeness (QED) is 0.691. The van der Waals surface area contributed by atoms with Crippen molar-refractivity contribution in [3.63, 3.8) is 0 Å². The summed E-state index contributed by atoms with van der Waals surface area (Å²) in [6.45, 7) is 3.03. The molecule has 24 heavy (non-hydrogen) atoms. The van der Waals surface area contributed by atoms with Crippen molar-refractivity contribution in [1.82, 2.24) is 5.32 Å². The average Bonchev–Trinajstić information content (AvgIpc) is 2.47. The van der Waals surface area contributed by atoms with Crippen molar-refractivity contribution < 1.29 is 27.9 Å².